The van der Waals surface area contributed by atoms with Crippen LogP contribution in [0.5, 0.6) is 5.75 Å². The third-order valence-corrected chi connectivity index (χ3v) is 2.11. The first-order valence-electron chi connectivity index (χ1n) is 5.01. The number of benzene rings is 1. The van der Waals surface area contributed by atoms with Gasteiger partial charge in [0.25, 0.3) is 0 Å². The summed E-state index contributed by atoms with van der Waals surface area (Å²) < 4.78 is 5.13. The lowest BCUT2D eigenvalue weighted by molar-refractivity contribution is 0.414. The van der Waals surface area contributed by atoms with Crippen molar-refractivity contribution in [2.24, 2.45) is 10.8 Å². The summed E-state index contributed by atoms with van der Waals surface area (Å²) in [5.74, 6) is 0.300. The minimum absolute atomic E-state index is 0.175. The van der Waals surface area contributed by atoms with Crippen LogP contribution in [0.4, 0.5) is 5.69 Å². The Labute approximate surface area is 105 Å². The van der Waals surface area contributed by atoms with Crippen molar-refractivity contribution in [2.45, 2.75) is 0 Å². The normalized spacial score (nSPS) is 10.3. The molecular formula is C12H13N5O. The third-order valence-electron chi connectivity index (χ3n) is 2.11. The van der Waals surface area contributed by atoms with Crippen molar-refractivity contribution in [1.29, 1.82) is 10.7 Å². The first-order chi connectivity index (χ1) is 8.62. The molecule has 0 fully saturated rings. The van der Waals surface area contributed by atoms with Crippen molar-refractivity contribution >= 4 is 23.3 Å². The fraction of sp³-hybridized carbons (Fsp3) is 0.0833. The zero-order valence-electron chi connectivity index (χ0n) is 9.90. The zero-order chi connectivity index (χ0) is 13.5. The number of anilines is 1. The molecule has 0 atom stereocenters. The van der Waals surface area contributed by atoms with E-state index in [2.05, 4.69) is 17.1 Å². The molecule has 0 amide bonds. The van der Waals surface area contributed by atoms with Crippen LogP contribution in [0, 0.1) is 16.7 Å². The fourth-order valence-electron chi connectivity index (χ4n) is 1.23. The molecule has 1 aromatic carbocycles. The summed E-state index contributed by atoms with van der Waals surface area (Å²) in [5, 5.41) is 19.5. The minimum atomic E-state index is -0.387. The van der Waals surface area contributed by atoms with Crippen molar-refractivity contribution in [1.82, 2.24) is 0 Å². The van der Waals surface area contributed by atoms with Crippen LogP contribution in [-0.2, 0) is 0 Å². The molecule has 0 bridgehead atoms. The van der Waals surface area contributed by atoms with Gasteiger partial charge in [-0.15, -0.1) is 0 Å². The van der Waals surface area contributed by atoms with Gasteiger partial charge in [-0.1, -0.05) is 12.7 Å². The SMILES string of the molecule is C=Cc1cc(N/N=C(\C#N)C(=N)N)ccc1OC. The zero-order valence-corrected chi connectivity index (χ0v) is 9.90. The van der Waals surface area contributed by atoms with E-state index in [9.17, 15) is 0 Å². The average molecular weight is 243 g/mol. The van der Waals surface area contributed by atoms with Gasteiger partial charge in [-0.05, 0) is 18.2 Å². The van der Waals surface area contributed by atoms with Crippen molar-refractivity contribution in [3.8, 4) is 11.8 Å². The van der Waals surface area contributed by atoms with Gasteiger partial charge in [-0.3, -0.25) is 10.8 Å². The lowest BCUT2D eigenvalue weighted by atomic mass is 10.2. The van der Waals surface area contributed by atoms with Crippen LogP contribution in [0.2, 0.25) is 0 Å². The summed E-state index contributed by atoms with van der Waals surface area (Å²) in [6.07, 6.45) is 1.64. The lowest BCUT2D eigenvalue weighted by Gasteiger charge is -2.07. The Morgan fingerprint density at radius 1 is 1.67 bits per heavy atom. The molecule has 0 heterocycles. The Morgan fingerprint density at radius 3 is 2.89 bits per heavy atom. The summed E-state index contributed by atoms with van der Waals surface area (Å²) in [5.41, 5.74) is 9.07. The van der Waals surface area contributed by atoms with E-state index in [0.29, 0.717) is 11.4 Å². The molecule has 1 rings (SSSR count). The van der Waals surface area contributed by atoms with Crippen molar-refractivity contribution in [3.63, 3.8) is 0 Å². The maximum absolute atomic E-state index is 8.68. The first-order valence-corrected chi connectivity index (χ1v) is 5.01. The Kier molecular flexibility index (Phi) is 4.46. The van der Waals surface area contributed by atoms with Gasteiger partial charge in [0.15, 0.2) is 5.84 Å². The Bertz CT molecular complexity index is 542. The van der Waals surface area contributed by atoms with Crippen LogP contribution in [0.1, 0.15) is 5.56 Å². The summed E-state index contributed by atoms with van der Waals surface area (Å²) in [6.45, 7) is 3.67. The van der Waals surface area contributed by atoms with Crippen molar-refractivity contribution in [2.75, 3.05) is 12.5 Å². The number of methoxy groups -OCH3 is 1. The molecule has 6 heteroatoms. The number of nitrogens with zero attached hydrogens (tertiary/aromatic N) is 2. The van der Waals surface area contributed by atoms with Gasteiger partial charge in [0.1, 0.15) is 11.8 Å². The molecular weight excluding hydrogens is 230 g/mol. The van der Waals surface area contributed by atoms with Crippen molar-refractivity contribution in [3.05, 3.63) is 30.3 Å². The number of ether oxygens (including phenoxy) is 1. The summed E-state index contributed by atoms with van der Waals surface area (Å²) >= 11 is 0. The van der Waals surface area contributed by atoms with E-state index >= 15 is 0 Å². The highest BCUT2D eigenvalue weighted by atomic mass is 16.5. The third kappa shape index (κ3) is 3.09. The highest BCUT2D eigenvalue weighted by Gasteiger charge is 2.03. The van der Waals surface area contributed by atoms with Crippen LogP contribution >= 0.6 is 0 Å². The molecule has 0 aliphatic carbocycles. The first kappa shape index (κ1) is 13.3. The molecule has 0 aliphatic heterocycles. The molecule has 0 spiro atoms. The Hall–Kier alpha value is -2.81. The molecule has 0 radical (unpaired) electrons. The number of amidine groups is 1. The fourth-order valence-corrected chi connectivity index (χ4v) is 1.23. The second-order valence-electron chi connectivity index (χ2n) is 3.26. The molecule has 6 nitrogen and oxygen atoms in total. The van der Waals surface area contributed by atoms with Gasteiger partial charge >= 0.3 is 0 Å². The molecule has 92 valence electrons. The van der Waals surface area contributed by atoms with Crippen LogP contribution < -0.4 is 15.9 Å². The highest BCUT2D eigenvalue weighted by Crippen LogP contribution is 2.23. The van der Waals surface area contributed by atoms with Crippen LogP contribution in [0.25, 0.3) is 6.08 Å². The number of nitrogens with one attached hydrogen (secondary N) is 2. The average Bonchev–Trinajstić information content (AvgIpc) is 2.38. The number of hydrazone groups is 1. The number of hydrogen-bond acceptors (Lipinski definition) is 5. The topological polar surface area (TPSA) is 107 Å². The summed E-state index contributed by atoms with van der Waals surface area (Å²) in [4.78, 5) is 0. The predicted octanol–water partition coefficient (Wildman–Crippen LogP) is 1.57. The second-order valence-corrected chi connectivity index (χ2v) is 3.26. The van der Waals surface area contributed by atoms with E-state index in [-0.39, 0.29) is 11.5 Å². The van der Waals surface area contributed by atoms with Gasteiger partial charge < -0.3 is 10.5 Å². The monoisotopic (exact) mass is 243 g/mol. The van der Waals surface area contributed by atoms with E-state index in [0.717, 1.165) is 5.56 Å². The van der Waals surface area contributed by atoms with Gasteiger partial charge in [0, 0.05) is 5.56 Å². The predicted molar refractivity (Wildman–Crippen MR) is 71.7 cm³/mol. The standard InChI is InChI=1S/C12H13N5O/c1-3-8-6-9(4-5-11(8)18-2)16-17-10(7-13)12(14)15/h3-6,16H,1H2,2H3,(H3,14,15)/b17-10+. The number of hydrogen-bond donors (Lipinski definition) is 3. The van der Waals surface area contributed by atoms with Crippen LogP contribution in [-0.4, -0.2) is 18.7 Å². The Balaban J connectivity index is 2.96. The number of rotatable bonds is 5. The molecule has 0 saturated carbocycles. The molecule has 4 N–H and O–H groups in total. The van der Waals surface area contributed by atoms with E-state index in [1.54, 1.807) is 37.5 Å². The quantitative estimate of drug-likeness (QED) is 0.414. The smallest absolute Gasteiger partial charge is 0.201 e. The lowest BCUT2D eigenvalue weighted by Crippen LogP contribution is -2.21. The van der Waals surface area contributed by atoms with Crippen molar-refractivity contribution < 1.29 is 4.74 Å². The molecule has 0 aromatic heterocycles. The van der Waals surface area contributed by atoms with Crippen LogP contribution in [0.3, 0.4) is 0 Å². The number of nitriles is 1. The molecule has 0 unspecified atom stereocenters. The van der Waals surface area contributed by atoms with E-state index in [1.807, 2.05) is 0 Å². The maximum Gasteiger partial charge on any atom is 0.201 e. The largest absolute Gasteiger partial charge is 0.496 e. The molecule has 0 aliphatic rings. The Morgan fingerprint density at radius 2 is 2.39 bits per heavy atom. The minimum Gasteiger partial charge on any atom is -0.496 e. The van der Waals surface area contributed by atoms with Gasteiger partial charge in [0.2, 0.25) is 5.71 Å². The highest BCUT2D eigenvalue weighted by molar-refractivity contribution is 6.45. The molecule has 18 heavy (non-hydrogen) atoms. The molecule has 0 saturated heterocycles. The van der Waals surface area contributed by atoms with Gasteiger partial charge in [-0.25, -0.2) is 0 Å². The second kappa shape index (κ2) is 6.06. The maximum atomic E-state index is 8.68. The van der Waals surface area contributed by atoms with E-state index in [4.69, 9.17) is 21.1 Å². The summed E-state index contributed by atoms with van der Waals surface area (Å²) in [7, 11) is 1.57. The number of nitrogens with two attached hydrogens (primary N) is 1. The summed E-state index contributed by atoms with van der Waals surface area (Å²) in [6, 6.07) is 6.94. The van der Waals surface area contributed by atoms with Gasteiger partial charge in [-0.2, -0.15) is 10.4 Å². The van der Waals surface area contributed by atoms with Gasteiger partial charge in [0.05, 0.1) is 12.8 Å². The van der Waals surface area contributed by atoms with E-state index < -0.39 is 0 Å². The van der Waals surface area contributed by atoms with Crippen LogP contribution in [0.15, 0.2) is 29.9 Å². The van der Waals surface area contributed by atoms with E-state index in [1.165, 1.54) is 0 Å². The molecule has 1 aromatic rings.